The highest BCUT2D eigenvalue weighted by molar-refractivity contribution is 6.31. The third-order valence-electron chi connectivity index (χ3n) is 3.80. The summed E-state index contributed by atoms with van der Waals surface area (Å²) in [6.07, 6.45) is 1.91. The predicted octanol–water partition coefficient (Wildman–Crippen LogP) is 3.87. The fourth-order valence-electron chi connectivity index (χ4n) is 2.34. The number of nitrogens with one attached hydrogen (secondary N) is 1. The van der Waals surface area contributed by atoms with Gasteiger partial charge in [0.1, 0.15) is 17.1 Å². The topological polar surface area (TPSA) is 71.5 Å². The van der Waals surface area contributed by atoms with Gasteiger partial charge in [0.05, 0.1) is 12.8 Å². The van der Waals surface area contributed by atoms with Crippen LogP contribution in [0.5, 0.6) is 5.75 Å². The zero-order valence-corrected chi connectivity index (χ0v) is 15.8. The second-order valence-corrected chi connectivity index (χ2v) is 6.22. The van der Waals surface area contributed by atoms with E-state index in [1.807, 2.05) is 0 Å². The minimum Gasteiger partial charge on any atom is -0.495 e. The van der Waals surface area contributed by atoms with Crippen LogP contribution in [0, 0.1) is 0 Å². The summed E-state index contributed by atoms with van der Waals surface area (Å²) in [4.78, 5) is 30.7. The number of carbonyl (C=O) groups is 2. The van der Waals surface area contributed by atoms with Crippen LogP contribution in [0.2, 0.25) is 5.02 Å². The SMILES string of the molecule is CCCCN(C)C(=O)c1cccc(C(=O)Nc2cc(Cl)ccc2OC)n1. The van der Waals surface area contributed by atoms with Crippen LogP contribution < -0.4 is 10.1 Å². The van der Waals surface area contributed by atoms with Gasteiger partial charge in [-0.25, -0.2) is 4.98 Å². The monoisotopic (exact) mass is 375 g/mol. The van der Waals surface area contributed by atoms with Gasteiger partial charge in [0.2, 0.25) is 0 Å². The first-order valence-corrected chi connectivity index (χ1v) is 8.71. The molecule has 2 aromatic rings. The molecule has 0 spiro atoms. The van der Waals surface area contributed by atoms with Crippen molar-refractivity contribution in [2.24, 2.45) is 0 Å². The van der Waals surface area contributed by atoms with Crippen molar-refractivity contribution in [3.63, 3.8) is 0 Å². The molecule has 2 rings (SSSR count). The standard InChI is InChI=1S/C19H22ClN3O3/c1-4-5-11-23(2)19(25)15-8-6-7-14(21-15)18(24)22-16-12-13(20)9-10-17(16)26-3/h6-10,12H,4-5,11H2,1-3H3,(H,22,24). The van der Waals surface area contributed by atoms with Crippen LogP contribution in [0.4, 0.5) is 5.69 Å². The molecule has 0 bridgehead atoms. The van der Waals surface area contributed by atoms with Crippen molar-refractivity contribution in [1.82, 2.24) is 9.88 Å². The van der Waals surface area contributed by atoms with Crippen molar-refractivity contribution < 1.29 is 14.3 Å². The quantitative estimate of drug-likeness (QED) is 0.797. The molecule has 0 aliphatic heterocycles. The van der Waals surface area contributed by atoms with E-state index in [-0.39, 0.29) is 17.3 Å². The molecule has 0 atom stereocenters. The summed E-state index contributed by atoms with van der Waals surface area (Å²) in [5.41, 5.74) is 0.805. The summed E-state index contributed by atoms with van der Waals surface area (Å²) < 4.78 is 5.21. The van der Waals surface area contributed by atoms with E-state index in [4.69, 9.17) is 16.3 Å². The Balaban J connectivity index is 2.18. The molecule has 1 aromatic carbocycles. The Kier molecular flexibility index (Phi) is 6.97. The molecule has 0 unspecified atom stereocenters. The molecule has 26 heavy (non-hydrogen) atoms. The lowest BCUT2D eigenvalue weighted by molar-refractivity contribution is 0.0787. The Bertz CT molecular complexity index is 795. The molecular weight excluding hydrogens is 354 g/mol. The molecule has 2 amide bonds. The number of methoxy groups -OCH3 is 1. The van der Waals surface area contributed by atoms with Crippen LogP contribution in [0.3, 0.4) is 0 Å². The van der Waals surface area contributed by atoms with Gasteiger partial charge in [0, 0.05) is 18.6 Å². The fraction of sp³-hybridized carbons (Fsp3) is 0.316. The number of pyridine rings is 1. The Morgan fingerprint density at radius 3 is 2.65 bits per heavy atom. The van der Waals surface area contributed by atoms with Gasteiger partial charge in [0.15, 0.2) is 0 Å². The maximum atomic E-state index is 12.5. The third-order valence-corrected chi connectivity index (χ3v) is 4.04. The van der Waals surface area contributed by atoms with E-state index in [0.29, 0.717) is 23.0 Å². The molecule has 0 radical (unpaired) electrons. The molecule has 1 aromatic heterocycles. The molecule has 0 aliphatic rings. The summed E-state index contributed by atoms with van der Waals surface area (Å²) in [7, 11) is 3.23. The lowest BCUT2D eigenvalue weighted by Crippen LogP contribution is -2.29. The molecule has 0 fully saturated rings. The summed E-state index contributed by atoms with van der Waals surface area (Å²) in [5, 5.41) is 3.18. The molecule has 1 heterocycles. The maximum absolute atomic E-state index is 12.5. The number of ether oxygens (including phenoxy) is 1. The first-order valence-electron chi connectivity index (χ1n) is 8.33. The first kappa shape index (κ1) is 19.7. The molecule has 1 N–H and O–H groups in total. The second kappa shape index (κ2) is 9.20. The number of rotatable bonds is 7. The van der Waals surface area contributed by atoms with E-state index in [1.54, 1.807) is 48.3 Å². The summed E-state index contributed by atoms with van der Waals surface area (Å²) >= 11 is 5.97. The number of amides is 2. The van der Waals surface area contributed by atoms with Crippen LogP contribution in [0.1, 0.15) is 40.7 Å². The van der Waals surface area contributed by atoms with E-state index in [9.17, 15) is 9.59 Å². The second-order valence-electron chi connectivity index (χ2n) is 5.79. The zero-order valence-electron chi connectivity index (χ0n) is 15.1. The third kappa shape index (κ3) is 4.95. The number of aromatic nitrogens is 1. The number of benzene rings is 1. The van der Waals surface area contributed by atoms with Crippen molar-refractivity contribution in [1.29, 1.82) is 0 Å². The minimum atomic E-state index is -0.448. The summed E-state index contributed by atoms with van der Waals surface area (Å²) in [6, 6.07) is 9.70. The van der Waals surface area contributed by atoms with Crippen LogP contribution >= 0.6 is 11.6 Å². The summed E-state index contributed by atoms with van der Waals surface area (Å²) in [6.45, 7) is 2.71. The molecule has 138 valence electrons. The number of hydrogen-bond donors (Lipinski definition) is 1. The van der Waals surface area contributed by atoms with Gasteiger partial charge in [-0.1, -0.05) is 31.0 Å². The van der Waals surface area contributed by atoms with E-state index in [2.05, 4.69) is 17.2 Å². The predicted molar refractivity (Wildman–Crippen MR) is 102 cm³/mol. The van der Waals surface area contributed by atoms with E-state index in [1.165, 1.54) is 7.11 Å². The molecule has 0 saturated carbocycles. The molecule has 0 saturated heterocycles. The fourth-order valence-corrected chi connectivity index (χ4v) is 2.51. The largest absolute Gasteiger partial charge is 0.495 e. The van der Waals surface area contributed by atoms with Crippen molar-refractivity contribution in [3.8, 4) is 5.75 Å². The average Bonchev–Trinajstić information content (AvgIpc) is 2.65. The number of carbonyl (C=O) groups excluding carboxylic acids is 2. The van der Waals surface area contributed by atoms with Gasteiger partial charge < -0.3 is 15.0 Å². The average molecular weight is 376 g/mol. The Hall–Kier alpha value is -2.60. The van der Waals surface area contributed by atoms with Crippen LogP contribution in [0.15, 0.2) is 36.4 Å². The lowest BCUT2D eigenvalue weighted by Gasteiger charge is -2.16. The highest BCUT2D eigenvalue weighted by atomic mass is 35.5. The number of halogens is 1. The van der Waals surface area contributed by atoms with Crippen molar-refractivity contribution in [2.45, 2.75) is 19.8 Å². The Morgan fingerprint density at radius 1 is 1.23 bits per heavy atom. The van der Waals surface area contributed by atoms with Gasteiger partial charge in [-0.2, -0.15) is 0 Å². The van der Waals surface area contributed by atoms with Crippen LogP contribution in [-0.2, 0) is 0 Å². The van der Waals surface area contributed by atoms with Crippen LogP contribution in [-0.4, -0.2) is 42.4 Å². The number of unbranched alkanes of at least 4 members (excludes halogenated alkanes) is 1. The highest BCUT2D eigenvalue weighted by Gasteiger charge is 2.16. The molecular formula is C19H22ClN3O3. The molecule has 7 heteroatoms. The maximum Gasteiger partial charge on any atom is 0.274 e. The minimum absolute atomic E-state index is 0.141. The van der Waals surface area contributed by atoms with Gasteiger partial charge in [-0.15, -0.1) is 0 Å². The normalized spacial score (nSPS) is 10.3. The number of anilines is 1. The summed E-state index contributed by atoms with van der Waals surface area (Å²) in [5.74, 6) is -0.181. The van der Waals surface area contributed by atoms with Gasteiger partial charge in [-0.05, 0) is 36.8 Å². The van der Waals surface area contributed by atoms with Gasteiger partial charge in [0.25, 0.3) is 11.8 Å². The van der Waals surface area contributed by atoms with E-state index in [0.717, 1.165) is 12.8 Å². The molecule has 6 nitrogen and oxygen atoms in total. The smallest absolute Gasteiger partial charge is 0.274 e. The highest BCUT2D eigenvalue weighted by Crippen LogP contribution is 2.28. The van der Waals surface area contributed by atoms with Gasteiger partial charge >= 0.3 is 0 Å². The van der Waals surface area contributed by atoms with Crippen molar-refractivity contribution in [3.05, 3.63) is 52.8 Å². The van der Waals surface area contributed by atoms with Crippen molar-refractivity contribution in [2.75, 3.05) is 26.0 Å². The van der Waals surface area contributed by atoms with E-state index < -0.39 is 5.91 Å². The van der Waals surface area contributed by atoms with E-state index >= 15 is 0 Å². The van der Waals surface area contributed by atoms with Crippen LogP contribution in [0.25, 0.3) is 0 Å². The Labute approximate surface area is 158 Å². The number of nitrogens with zero attached hydrogens (tertiary/aromatic N) is 2. The zero-order chi connectivity index (χ0) is 19.1. The first-order chi connectivity index (χ1) is 12.5. The Morgan fingerprint density at radius 2 is 1.96 bits per heavy atom. The van der Waals surface area contributed by atoms with Gasteiger partial charge in [-0.3, -0.25) is 9.59 Å². The molecule has 0 aliphatic carbocycles. The number of hydrogen-bond acceptors (Lipinski definition) is 4. The lowest BCUT2D eigenvalue weighted by atomic mass is 10.2. The van der Waals surface area contributed by atoms with Crippen molar-refractivity contribution >= 4 is 29.1 Å².